The lowest BCUT2D eigenvalue weighted by Gasteiger charge is -2.54. The molecule has 4 aliphatic heterocycles. The van der Waals surface area contributed by atoms with Crippen LogP contribution in [0.15, 0.2) is 36.4 Å². The number of nitrogens with zero attached hydrogens (tertiary/aromatic N) is 3. The maximum absolute atomic E-state index is 14.2. The quantitative estimate of drug-likeness (QED) is 0.326. The third-order valence-corrected chi connectivity index (χ3v) is 17.1. The van der Waals surface area contributed by atoms with E-state index in [2.05, 4.69) is 51.3 Å². The van der Waals surface area contributed by atoms with E-state index in [4.69, 9.17) is 21.1 Å². The van der Waals surface area contributed by atoms with Crippen LogP contribution in [0.1, 0.15) is 106 Å². The highest BCUT2D eigenvalue weighted by Gasteiger charge is 2.51. The summed E-state index contributed by atoms with van der Waals surface area (Å²) >= 11 is 6.55. The number of piperazine rings is 1. The Hall–Kier alpha value is -2.30. The number of aryl methyl sites for hydroxylation is 1. The fourth-order valence-electron chi connectivity index (χ4n) is 11.3. The molecule has 4 heterocycles. The van der Waals surface area contributed by atoms with E-state index < -0.39 is 9.71 Å². The van der Waals surface area contributed by atoms with E-state index in [1.54, 1.807) is 0 Å². The molecule has 0 radical (unpaired) electrons. The first kappa shape index (κ1) is 38.6. The molecule has 8 atom stereocenters. The molecule has 3 fully saturated rings. The maximum atomic E-state index is 14.2. The number of nitrogens with one attached hydrogen (secondary N) is 1. The Bertz CT molecular complexity index is 1810. The van der Waals surface area contributed by atoms with Crippen LogP contribution in [0, 0.1) is 17.8 Å². The second kappa shape index (κ2) is 15.6. The molecule has 2 aromatic rings. The molecule has 1 saturated carbocycles. The van der Waals surface area contributed by atoms with E-state index in [0.29, 0.717) is 36.7 Å². The first-order valence-corrected chi connectivity index (χ1v) is 23.3. The van der Waals surface area contributed by atoms with Crippen molar-refractivity contribution < 1.29 is 18.5 Å². The van der Waals surface area contributed by atoms with Crippen LogP contribution in [0.2, 0.25) is 5.02 Å². The fraction of sp³-hybridized carbons (Fsp3) is 0.682. The topological polar surface area (TPSA) is 74.4 Å². The first-order valence-electron chi connectivity index (χ1n) is 21.1. The summed E-state index contributed by atoms with van der Waals surface area (Å²) in [6.07, 6.45) is 12.3. The van der Waals surface area contributed by atoms with Crippen LogP contribution in [0.3, 0.4) is 0 Å². The molecule has 8 rings (SSSR count). The van der Waals surface area contributed by atoms with E-state index in [0.717, 1.165) is 94.3 Å². The number of benzene rings is 2. The summed E-state index contributed by atoms with van der Waals surface area (Å²) in [4.78, 5) is 21.9. The number of piperidine rings is 1. The number of hydrogen-bond donors (Lipinski definition) is 1. The largest absolute Gasteiger partial charge is 0.490 e. The van der Waals surface area contributed by atoms with Gasteiger partial charge < -0.3 is 14.4 Å². The Labute approximate surface area is 329 Å². The summed E-state index contributed by atoms with van der Waals surface area (Å²) in [7, 11) is -2.92. The Morgan fingerprint density at radius 3 is 2.69 bits per heavy atom. The van der Waals surface area contributed by atoms with Crippen LogP contribution in [0.25, 0.3) is 0 Å². The standard InChI is InChI=1S/C44H63ClN4O4S/c1-5-53-44(29-47-22-23-48-21-7-6-12-37(48)27-47)20-8-10-31(2)32(3)54(4,51)46-42(50)34-14-18-41-40(25-34)49(26-35-13-16-39(35)44)28-43(30-52-41)19-9-11-33-24-36(45)15-17-38(33)43/h14-15,17-18,24-25,31-32,35,37,39H,4-13,16,19-23,26-30H2,1-3H3,(H,46,50,51)/t31-,32+,35-,37+,39+,43-,44-,54?/m0/s1. The number of rotatable bonds is 4. The van der Waals surface area contributed by atoms with Crippen LogP contribution in [-0.4, -0.2) is 102 Å². The second-order valence-corrected chi connectivity index (χ2v) is 20.7. The summed E-state index contributed by atoms with van der Waals surface area (Å²) in [5.74, 6) is 5.60. The van der Waals surface area contributed by atoms with Crippen molar-refractivity contribution in [1.82, 2.24) is 14.5 Å². The van der Waals surface area contributed by atoms with Gasteiger partial charge in [0.25, 0.3) is 5.91 Å². The molecule has 10 heteroatoms. The zero-order valence-electron chi connectivity index (χ0n) is 33.0. The highest BCUT2D eigenvalue weighted by molar-refractivity contribution is 7.99. The van der Waals surface area contributed by atoms with E-state index >= 15 is 0 Å². The van der Waals surface area contributed by atoms with Gasteiger partial charge in [-0.1, -0.05) is 37.4 Å². The molecular weight excluding hydrogens is 716 g/mol. The lowest BCUT2D eigenvalue weighted by Crippen LogP contribution is -2.62. The summed E-state index contributed by atoms with van der Waals surface area (Å²) in [5, 5.41) is 0.511. The van der Waals surface area contributed by atoms with Gasteiger partial charge in [0.1, 0.15) is 5.75 Å². The van der Waals surface area contributed by atoms with Crippen LogP contribution < -0.4 is 14.4 Å². The first-order chi connectivity index (χ1) is 26.0. The summed E-state index contributed by atoms with van der Waals surface area (Å²) in [6.45, 7) is 14.9. The minimum absolute atomic E-state index is 0.130. The third kappa shape index (κ3) is 7.46. The Morgan fingerprint density at radius 1 is 1.00 bits per heavy atom. The Morgan fingerprint density at radius 2 is 1.87 bits per heavy atom. The van der Waals surface area contributed by atoms with E-state index in [1.807, 2.05) is 31.2 Å². The van der Waals surface area contributed by atoms with Gasteiger partial charge in [0.05, 0.1) is 27.6 Å². The Balaban J connectivity index is 1.18. The molecule has 1 unspecified atom stereocenters. The molecule has 296 valence electrons. The molecule has 6 aliphatic rings. The maximum Gasteiger partial charge on any atom is 0.262 e. The smallest absolute Gasteiger partial charge is 0.262 e. The number of halogens is 1. The number of carbonyl (C=O) groups excluding carboxylic acids is 1. The van der Waals surface area contributed by atoms with Gasteiger partial charge in [0.15, 0.2) is 0 Å². The average molecular weight is 780 g/mol. The van der Waals surface area contributed by atoms with Crippen molar-refractivity contribution in [2.75, 3.05) is 63.9 Å². The fourth-order valence-corrected chi connectivity index (χ4v) is 13.0. The highest BCUT2D eigenvalue weighted by atomic mass is 35.5. The van der Waals surface area contributed by atoms with Crippen molar-refractivity contribution in [2.45, 2.75) is 114 Å². The highest BCUT2D eigenvalue weighted by Crippen LogP contribution is 2.50. The minimum atomic E-state index is -2.92. The van der Waals surface area contributed by atoms with Gasteiger partial charge >= 0.3 is 0 Å². The number of amides is 1. The summed E-state index contributed by atoms with van der Waals surface area (Å²) < 4.78 is 31.0. The molecule has 0 aromatic heterocycles. The molecule has 1 amide bonds. The zero-order chi connectivity index (χ0) is 37.7. The number of carbonyl (C=O) groups is 1. The SMILES string of the molecule is C=S1(=O)NC(=O)c2ccc3c(c2)N(C[C@@H]2CC[C@H]2[C@](CN2CCN4CCCC[C@@H]4C2)(OCC)CCC[C@H](C)[C@H]1C)C[C@@]1(CCCc2cc(Cl)ccc21)CO3. The monoisotopic (exact) mass is 778 g/mol. The van der Waals surface area contributed by atoms with Gasteiger partial charge in [-0.05, 0) is 143 Å². The molecule has 8 nitrogen and oxygen atoms in total. The molecule has 54 heavy (non-hydrogen) atoms. The van der Waals surface area contributed by atoms with Gasteiger partial charge in [-0.2, -0.15) is 0 Å². The van der Waals surface area contributed by atoms with Crippen molar-refractivity contribution in [2.24, 2.45) is 17.8 Å². The van der Waals surface area contributed by atoms with Gasteiger partial charge in [0.2, 0.25) is 0 Å². The van der Waals surface area contributed by atoms with Crippen molar-refractivity contribution in [3.8, 4) is 5.75 Å². The van der Waals surface area contributed by atoms with E-state index in [-0.39, 0.29) is 28.1 Å². The summed E-state index contributed by atoms with van der Waals surface area (Å²) in [5.41, 5.74) is 3.64. The Kier molecular flexibility index (Phi) is 11.1. The molecule has 2 aromatic carbocycles. The van der Waals surface area contributed by atoms with Crippen molar-refractivity contribution in [1.29, 1.82) is 0 Å². The predicted octanol–water partition coefficient (Wildman–Crippen LogP) is 7.35. The van der Waals surface area contributed by atoms with Gasteiger partial charge in [0, 0.05) is 73.2 Å². The lowest BCUT2D eigenvalue weighted by molar-refractivity contribution is -0.151. The molecular formula is C44H63ClN4O4S. The normalized spacial score (nSPS) is 36.5. The molecule has 2 bridgehead atoms. The number of anilines is 1. The van der Waals surface area contributed by atoms with Gasteiger partial charge in [-0.3, -0.25) is 19.3 Å². The zero-order valence-corrected chi connectivity index (χ0v) is 34.5. The van der Waals surface area contributed by atoms with Crippen molar-refractivity contribution in [3.05, 3.63) is 58.1 Å². The van der Waals surface area contributed by atoms with Gasteiger partial charge in [-0.25, -0.2) is 4.21 Å². The second-order valence-electron chi connectivity index (χ2n) is 17.9. The van der Waals surface area contributed by atoms with Crippen LogP contribution in [-0.2, 0) is 26.3 Å². The average Bonchev–Trinajstić information content (AvgIpc) is 3.29. The number of fused-ring (bicyclic) bond motifs is 5. The molecule has 2 saturated heterocycles. The predicted molar refractivity (Wildman–Crippen MR) is 222 cm³/mol. The number of ether oxygens (including phenoxy) is 2. The molecule has 1 N–H and O–H groups in total. The van der Waals surface area contributed by atoms with E-state index in [9.17, 15) is 9.00 Å². The van der Waals surface area contributed by atoms with Crippen molar-refractivity contribution in [3.63, 3.8) is 0 Å². The third-order valence-electron chi connectivity index (χ3n) is 14.6. The van der Waals surface area contributed by atoms with Crippen LogP contribution >= 0.6 is 11.6 Å². The van der Waals surface area contributed by atoms with Crippen LogP contribution in [0.5, 0.6) is 5.75 Å². The van der Waals surface area contributed by atoms with Crippen LogP contribution in [0.4, 0.5) is 5.69 Å². The minimum Gasteiger partial charge on any atom is -0.490 e. The summed E-state index contributed by atoms with van der Waals surface area (Å²) in [6, 6.07) is 12.8. The van der Waals surface area contributed by atoms with Crippen molar-refractivity contribution >= 4 is 38.8 Å². The van der Waals surface area contributed by atoms with Gasteiger partial charge in [-0.15, -0.1) is 0 Å². The van der Waals surface area contributed by atoms with E-state index in [1.165, 1.54) is 49.8 Å². The lowest BCUT2D eigenvalue weighted by atomic mass is 9.62. The molecule has 1 spiro atoms. The number of hydrogen-bond acceptors (Lipinski definition) is 7. The molecule has 2 aliphatic carbocycles.